The normalized spacial score (nSPS) is 25.7. The number of benzene rings is 3. The molecule has 1 aliphatic heterocycles. The Morgan fingerprint density at radius 2 is 1.70 bits per heavy atom. The van der Waals surface area contributed by atoms with Gasteiger partial charge in [-0.25, -0.2) is 0 Å². The van der Waals surface area contributed by atoms with Crippen LogP contribution in [0.25, 0.3) is 20.9 Å². The molecule has 5 rings (SSSR count). The van der Waals surface area contributed by atoms with Crippen molar-refractivity contribution in [3.8, 4) is 0 Å². The third-order valence-electron chi connectivity index (χ3n) is 6.97. The van der Waals surface area contributed by atoms with Gasteiger partial charge in [-0.3, -0.25) is 0 Å². The van der Waals surface area contributed by atoms with E-state index in [1.54, 1.807) is 6.92 Å². The number of ether oxygens (including phenoxy) is 1. The molecule has 0 bridgehead atoms. The molecule has 0 unspecified atom stereocenters. The maximum absolute atomic E-state index is 10.9. The van der Waals surface area contributed by atoms with Crippen LogP contribution in [0.1, 0.15) is 41.5 Å². The predicted octanol–water partition coefficient (Wildman–Crippen LogP) is 5.00. The molecule has 5 atom stereocenters. The Labute approximate surface area is 198 Å². The molecule has 2 heterocycles. The van der Waals surface area contributed by atoms with Crippen LogP contribution in [0, 0.1) is 5.92 Å². The summed E-state index contributed by atoms with van der Waals surface area (Å²) in [5.74, 6) is -0.345. The summed E-state index contributed by atoms with van der Waals surface area (Å²) in [6.45, 7) is 3.78. The van der Waals surface area contributed by atoms with Crippen LogP contribution in [-0.2, 0) is 17.6 Å². The molecule has 0 amide bonds. The number of aliphatic hydroxyl groups is 3. The number of hydrogen-bond acceptors (Lipinski definition) is 5. The smallest absolute Gasteiger partial charge is 0.112 e. The van der Waals surface area contributed by atoms with Gasteiger partial charge in [-0.15, -0.1) is 11.3 Å². The first-order chi connectivity index (χ1) is 16.0. The molecular weight excluding hydrogens is 432 g/mol. The zero-order valence-corrected chi connectivity index (χ0v) is 19.8. The van der Waals surface area contributed by atoms with Gasteiger partial charge >= 0.3 is 0 Å². The van der Waals surface area contributed by atoms with E-state index in [9.17, 15) is 15.3 Å². The zero-order valence-electron chi connectivity index (χ0n) is 18.9. The SMILES string of the molecule is CCc1ccc2sc(Cc3cc([C@@H]4O[C@H](CO)[C@@H](C)[C@H](O)[C@H]4O)c4ccccc4c3)cc2c1. The van der Waals surface area contributed by atoms with E-state index in [1.165, 1.54) is 20.5 Å². The van der Waals surface area contributed by atoms with Gasteiger partial charge in [0.25, 0.3) is 0 Å². The van der Waals surface area contributed by atoms with Gasteiger partial charge in [-0.2, -0.15) is 0 Å². The molecule has 5 heteroatoms. The zero-order chi connectivity index (χ0) is 23.1. The fraction of sp³-hybridized carbons (Fsp3) is 0.357. The highest BCUT2D eigenvalue weighted by atomic mass is 32.1. The Balaban J connectivity index is 1.55. The molecule has 3 aromatic carbocycles. The lowest BCUT2D eigenvalue weighted by molar-refractivity contribution is -0.206. The highest BCUT2D eigenvalue weighted by Gasteiger charge is 2.43. The first-order valence-corrected chi connectivity index (χ1v) is 12.5. The van der Waals surface area contributed by atoms with E-state index in [-0.39, 0.29) is 12.5 Å². The van der Waals surface area contributed by atoms with Crippen molar-refractivity contribution in [1.82, 2.24) is 0 Å². The summed E-state index contributed by atoms with van der Waals surface area (Å²) >= 11 is 1.81. The summed E-state index contributed by atoms with van der Waals surface area (Å²) in [5, 5.41) is 34.7. The van der Waals surface area contributed by atoms with Gasteiger partial charge in [0.05, 0.1) is 18.8 Å². The monoisotopic (exact) mass is 462 g/mol. The molecule has 0 saturated carbocycles. The molecule has 0 spiro atoms. The van der Waals surface area contributed by atoms with Crippen molar-refractivity contribution >= 4 is 32.2 Å². The van der Waals surface area contributed by atoms with Gasteiger partial charge in [-0.1, -0.05) is 62.4 Å². The van der Waals surface area contributed by atoms with Crippen LogP contribution < -0.4 is 0 Å². The van der Waals surface area contributed by atoms with Crippen molar-refractivity contribution in [1.29, 1.82) is 0 Å². The minimum absolute atomic E-state index is 0.194. The number of hydrogen-bond donors (Lipinski definition) is 3. The first-order valence-electron chi connectivity index (χ1n) is 11.6. The number of thiophene rings is 1. The molecule has 3 N–H and O–H groups in total. The topological polar surface area (TPSA) is 69.9 Å². The summed E-state index contributed by atoms with van der Waals surface area (Å²) < 4.78 is 7.44. The van der Waals surface area contributed by atoms with Crippen LogP contribution in [0.2, 0.25) is 0 Å². The van der Waals surface area contributed by atoms with Crippen molar-refractivity contribution in [2.75, 3.05) is 6.61 Å². The Morgan fingerprint density at radius 1 is 0.909 bits per heavy atom. The van der Waals surface area contributed by atoms with Crippen molar-refractivity contribution in [2.45, 2.75) is 51.1 Å². The number of aryl methyl sites for hydroxylation is 1. The van der Waals surface area contributed by atoms with Crippen LogP contribution >= 0.6 is 11.3 Å². The highest BCUT2D eigenvalue weighted by molar-refractivity contribution is 7.19. The Bertz CT molecular complexity index is 1280. The molecule has 4 aromatic rings. The minimum atomic E-state index is -1.06. The Kier molecular flexibility index (Phi) is 6.25. The summed E-state index contributed by atoms with van der Waals surface area (Å²) in [6.07, 6.45) is -1.43. The van der Waals surface area contributed by atoms with Crippen molar-refractivity contribution in [3.63, 3.8) is 0 Å². The molecule has 0 aliphatic carbocycles. The summed E-state index contributed by atoms with van der Waals surface area (Å²) in [7, 11) is 0. The Morgan fingerprint density at radius 3 is 2.48 bits per heavy atom. The average Bonchev–Trinajstić information content (AvgIpc) is 3.23. The first kappa shape index (κ1) is 22.5. The second kappa shape index (κ2) is 9.16. The van der Waals surface area contributed by atoms with E-state index < -0.39 is 24.4 Å². The van der Waals surface area contributed by atoms with Crippen molar-refractivity contribution < 1.29 is 20.1 Å². The van der Waals surface area contributed by atoms with Gasteiger partial charge < -0.3 is 20.1 Å². The molecule has 1 fully saturated rings. The predicted molar refractivity (Wildman–Crippen MR) is 134 cm³/mol. The van der Waals surface area contributed by atoms with Crippen LogP contribution in [0.4, 0.5) is 0 Å². The maximum Gasteiger partial charge on any atom is 0.112 e. The fourth-order valence-corrected chi connectivity index (χ4v) is 6.05. The Hall–Kier alpha value is -2.28. The van der Waals surface area contributed by atoms with Crippen molar-refractivity contribution in [2.24, 2.45) is 5.92 Å². The summed E-state index contributed by atoms with van der Waals surface area (Å²) in [6, 6.07) is 21.3. The number of rotatable bonds is 5. The molecule has 0 radical (unpaired) electrons. The number of fused-ring (bicyclic) bond motifs is 2. The van der Waals surface area contributed by atoms with Gasteiger partial charge in [-0.05, 0) is 51.4 Å². The molecule has 4 nitrogen and oxygen atoms in total. The van der Waals surface area contributed by atoms with E-state index in [1.807, 2.05) is 29.5 Å². The van der Waals surface area contributed by atoms with Crippen LogP contribution in [0.15, 0.2) is 60.7 Å². The van der Waals surface area contributed by atoms with Gasteiger partial charge in [0.1, 0.15) is 12.2 Å². The molecule has 172 valence electrons. The molecule has 1 aromatic heterocycles. The lowest BCUT2D eigenvalue weighted by Crippen LogP contribution is -2.50. The van der Waals surface area contributed by atoms with E-state index in [4.69, 9.17) is 4.74 Å². The van der Waals surface area contributed by atoms with Crippen molar-refractivity contribution in [3.05, 3.63) is 82.2 Å². The lowest BCUT2D eigenvalue weighted by atomic mass is 9.84. The maximum atomic E-state index is 10.9. The lowest BCUT2D eigenvalue weighted by Gasteiger charge is -2.41. The van der Waals surface area contributed by atoms with Gasteiger partial charge in [0.15, 0.2) is 0 Å². The highest BCUT2D eigenvalue weighted by Crippen LogP contribution is 2.39. The summed E-state index contributed by atoms with van der Waals surface area (Å²) in [4.78, 5) is 1.28. The third kappa shape index (κ3) is 4.20. The molecule has 1 aliphatic rings. The van der Waals surface area contributed by atoms with E-state index in [2.05, 4.69) is 49.4 Å². The summed E-state index contributed by atoms with van der Waals surface area (Å²) in [5.41, 5.74) is 3.33. The minimum Gasteiger partial charge on any atom is -0.394 e. The van der Waals surface area contributed by atoms with Gasteiger partial charge in [0.2, 0.25) is 0 Å². The second-order valence-electron chi connectivity index (χ2n) is 9.14. The standard InChI is InChI=1S/C28H30O4S/c1-3-17-8-9-25-20(10-17)14-21(33-25)12-18-11-19-6-4-5-7-22(19)23(13-18)28-27(31)26(30)16(2)24(15-29)32-28/h4-11,13-14,16,24,26-31H,3,12,15H2,1-2H3/t16-,24-,26+,27-,28+/m1/s1. The quantitative estimate of drug-likeness (QED) is 0.390. The largest absolute Gasteiger partial charge is 0.394 e. The average molecular weight is 463 g/mol. The van der Waals surface area contributed by atoms with E-state index in [0.717, 1.165) is 34.7 Å². The van der Waals surface area contributed by atoms with Gasteiger partial charge in [0, 0.05) is 21.9 Å². The van der Waals surface area contributed by atoms with Crippen LogP contribution in [-0.4, -0.2) is 40.2 Å². The number of aliphatic hydroxyl groups excluding tert-OH is 3. The van der Waals surface area contributed by atoms with E-state index in [0.29, 0.717) is 0 Å². The van der Waals surface area contributed by atoms with Crippen LogP contribution in [0.3, 0.4) is 0 Å². The third-order valence-corrected chi connectivity index (χ3v) is 8.08. The fourth-order valence-electron chi connectivity index (χ4n) is 4.97. The molecular formula is C28H30O4S. The van der Waals surface area contributed by atoms with Crippen LogP contribution in [0.5, 0.6) is 0 Å². The molecule has 33 heavy (non-hydrogen) atoms. The second-order valence-corrected chi connectivity index (χ2v) is 10.3. The van der Waals surface area contributed by atoms with E-state index >= 15 is 0 Å². The molecule has 1 saturated heterocycles.